The third-order valence-electron chi connectivity index (χ3n) is 2.38. The largest absolute Gasteiger partial charge is 0.461 e. The number of hydrogen-bond donors (Lipinski definition) is 0. The Balaban J connectivity index is 3.74. The van der Waals surface area contributed by atoms with E-state index in [0.717, 1.165) is 6.42 Å². The lowest BCUT2D eigenvalue weighted by molar-refractivity contribution is -0.142. The summed E-state index contributed by atoms with van der Waals surface area (Å²) in [6.07, 6.45) is 7.46. The van der Waals surface area contributed by atoms with Gasteiger partial charge in [0.25, 0.3) is 6.26 Å². The Morgan fingerprint density at radius 2 is 2.21 bits per heavy atom. The van der Waals surface area contributed by atoms with E-state index in [4.69, 9.17) is 10.00 Å². The quantitative estimate of drug-likeness (QED) is 0.142. The molecule has 0 amide bonds. The van der Waals surface area contributed by atoms with E-state index in [2.05, 4.69) is 16.3 Å². The van der Waals surface area contributed by atoms with Crippen LogP contribution in [0, 0.1) is 11.5 Å². The van der Waals surface area contributed by atoms with Gasteiger partial charge < -0.3 is 9.47 Å². The number of unbranched alkanes of at least 4 members (excludes halogenated alkanes) is 1. The van der Waals surface area contributed by atoms with Crippen LogP contribution in [0.4, 0.5) is 0 Å². The maximum atomic E-state index is 11.2. The highest BCUT2D eigenvalue weighted by molar-refractivity contribution is 5.69. The van der Waals surface area contributed by atoms with Gasteiger partial charge in [0.1, 0.15) is 13.2 Å². The highest BCUT2D eigenvalue weighted by Gasteiger charge is 2.08. The molecule has 0 radical (unpaired) electrons. The van der Waals surface area contributed by atoms with E-state index in [9.17, 15) is 9.59 Å². The molecule has 0 aliphatic carbocycles. The smallest absolute Gasteiger partial charge is 0.306 e. The SMILES string of the molecule is C=CCOC(=O)CCCCC(CCOC#N)N=C=O. The molecule has 1 unspecified atom stereocenters. The lowest BCUT2D eigenvalue weighted by Gasteiger charge is -2.08. The van der Waals surface area contributed by atoms with Crippen LogP contribution < -0.4 is 0 Å². The van der Waals surface area contributed by atoms with Crippen molar-refractivity contribution in [1.82, 2.24) is 0 Å². The van der Waals surface area contributed by atoms with Crippen molar-refractivity contribution in [2.24, 2.45) is 4.99 Å². The molecular formula is C13H18N2O4. The molecule has 0 aliphatic rings. The van der Waals surface area contributed by atoms with Crippen LogP contribution in [0.1, 0.15) is 32.1 Å². The van der Waals surface area contributed by atoms with Crippen molar-refractivity contribution in [3.05, 3.63) is 12.7 Å². The molecule has 1 atom stereocenters. The summed E-state index contributed by atoms with van der Waals surface area (Å²) in [4.78, 5) is 25.0. The normalized spacial score (nSPS) is 10.7. The zero-order chi connectivity index (χ0) is 14.3. The Bertz CT molecular complexity index is 356. The molecule has 0 fully saturated rings. The molecule has 0 N–H and O–H groups in total. The van der Waals surface area contributed by atoms with Crippen LogP contribution in [-0.2, 0) is 19.1 Å². The van der Waals surface area contributed by atoms with Gasteiger partial charge in [-0.3, -0.25) is 4.79 Å². The standard InChI is InChI=1S/C13H18N2O4/c1-2-8-19-13(17)6-4-3-5-12(15-11-16)7-9-18-10-14/h2,12H,1,3-9H2. The van der Waals surface area contributed by atoms with E-state index >= 15 is 0 Å². The third kappa shape index (κ3) is 10.7. The molecule has 6 nitrogen and oxygen atoms in total. The second kappa shape index (κ2) is 12.3. The van der Waals surface area contributed by atoms with Gasteiger partial charge in [-0.15, -0.1) is 0 Å². The van der Waals surface area contributed by atoms with Gasteiger partial charge in [0.2, 0.25) is 6.08 Å². The Labute approximate surface area is 112 Å². The highest BCUT2D eigenvalue weighted by Crippen LogP contribution is 2.10. The van der Waals surface area contributed by atoms with Crippen molar-refractivity contribution in [2.45, 2.75) is 38.1 Å². The van der Waals surface area contributed by atoms with Crippen molar-refractivity contribution < 1.29 is 19.1 Å². The van der Waals surface area contributed by atoms with Crippen molar-refractivity contribution in [2.75, 3.05) is 13.2 Å². The summed E-state index contributed by atoms with van der Waals surface area (Å²) in [6.45, 7) is 3.90. The van der Waals surface area contributed by atoms with E-state index < -0.39 is 0 Å². The van der Waals surface area contributed by atoms with Gasteiger partial charge in [0.15, 0.2) is 0 Å². The van der Waals surface area contributed by atoms with Gasteiger partial charge in [-0.1, -0.05) is 19.1 Å². The summed E-state index contributed by atoms with van der Waals surface area (Å²) < 4.78 is 9.36. The molecule has 104 valence electrons. The fourth-order valence-electron chi connectivity index (χ4n) is 1.46. The molecule has 0 aromatic heterocycles. The van der Waals surface area contributed by atoms with E-state index in [0.29, 0.717) is 25.7 Å². The van der Waals surface area contributed by atoms with Gasteiger partial charge in [-0.2, -0.15) is 5.26 Å². The number of carbonyl (C=O) groups excluding carboxylic acids is 2. The van der Waals surface area contributed by atoms with Gasteiger partial charge in [0.05, 0.1) is 6.04 Å². The van der Waals surface area contributed by atoms with E-state index in [1.807, 2.05) is 0 Å². The molecule has 0 heterocycles. The van der Waals surface area contributed by atoms with E-state index in [1.165, 1.54) is 12.2 Å². The Kier molecular flexibility index (Phi) is 11.0. The molecule has 6 heteroatoms. The molecule has 19 heavy (non-hydrogen) atoms. The number of nitrogens with zero attached hydrogens (tertiary/aromatic N) is 2. The van der Waals surface area contributed by atoms with Crippen LogP contribution in [0.15, 0.2) is 17.6 Å². The number of rotatable bonds is 11. The van der Waals surface area contributed by atoms with Crippen LogP contribution in [-0.4, -0.2) is 31.3 Å². The van der Waals surface area contributed by atoms with Crippen molar-refractivity contribution in [1.29, 1.82) is 5.26 Å². The van der Waals surface area contributed by atoms with E-state index in [1.54, 1.807) is 6.26 Å². The zero-order valence-electron chi connectivity index (χ0n) is 10.8. The number of nitriles is 1. The molecule has 0 aromatic carbocycles. The number of hydrogen-bond acceptors (Lipinski definition) is 6. The van der Waals surface area contributed by atoms with Crippen molar-refractivity contribution in [3.8, 4) is 6.26 Å². The predicted octanol–water partition coefficient (Wildman–Crippen LogP) is 1.87. The minimum atomic E-state index is -0.261. The Morgan fingerprint density at radius 1 is 1.42 bits per heavy atom. The van der Waals surface area contributed by atoms with Gasteiger partial charge in [-0.25, -0.2) is 9.79 Å². The Hall–Kier alpha value is -2.12. The summed E-state index contributed by atoms with van der Waals surface area (Å²) in [5.74, 6) is -0.261. The zero-order valence-corrected chi connectivity index (χ0v) is 10.8. The first-order chi connectivity index (χ1) is 9.24. The first-order valence-corrected chi connectivity index (χ1v) is 6.09. The lowest BCUT2D eigenvalue weighted by atomic mass is 10.1. The fourth-order valence-corrected chi connectivity index (χ4v) is 1.46. The molecule has 0 bridgehead atoms. The summed E-state index contributed by atoms with van der Waals surface area (Å²) >= 11 is 0. The number of esters is 1. The van der Waals surface area contributed by atoms with Gasteiger partial charge in [0, 0.05) is 12.8 Å². The van der Waals surface area contributed by atoms with Crippen LogP contribution in [0.25, 0.3) is 0 Å². The van der Waals surface area contributed by atoms with Crippen LogP contribution in [0.5, 0.6) is 0 Å². The lowest BCUT2D eigenvalue weighted by Crippen LogP contribution is -2.09. The topological polar surface area (TPSA) is 88.8 Å². The number of isocyanates is 1. The predicted molar refractivity (Wildman–Crippen MR) is 67.7 cm³/mol. The molecule has 0 rings (SSSR count). The van der Waals surface area contributed by atoms with Gasteiger partial charge in [-0.05, 0) is 12.8 Å². The number of aliphatic imine (C=N–C) groups is 1. The molecule has 0 aliphatic heterocycles. The van der Waals surface area contributed by atoms with Crippen LogP contribution >= 0.6 is 0 Å². The average molecular weight is 266 g/mol. The van der Waals surface area contributed by atoms with Crippen LogP contribution in [0.2, 0.25) is 0 Å². The van der Waals surface area contributed by atoms with E-state index in [-0.39, 0.29) is 25.2 Å². The maximum absolute atomic E-state index is 11.2. The molecule has 0 saturated heterocycles. The Morgan fingerprint density at radius 3 is 2.84 bits per heavy atom. The number of carbonyl (C=O) groups is 1. The second-order valence-electron chi connectivity index (χ2n) is 3.82. The summed E-state index contributed by atoms with van der Waals surface area (Å²) in [6, 6.07) is -0.213. The van der Waals surface area contributed by atoms with Crippen LogP contribution in [0.3, 0.4) is 0 Å². The summed E-state index contributed by atoms with van der Waals surface area (Å²) in [5.41, 5.74) is 0. The molecule has 0 spiro atoms. The monoisotopic (exact) mass is 266 g/mol. The second-order valence-corrected chi connectivity index (χ2v) is 3.82. The highest BCUT2D eigenvalue weighted by atomic mass is 16.5. The third-order valence-corrected chi connectivity index (χ3v) is 2.38. The molecular weight excluding hydrogens is 248 g/mol. The minimum Gasteiger partial charge on any atom is -0.461 e. The maximum Gasteiger partial charge on any atom is 0.306 e. The average Bonchev–Trinajstić information content (AvgIpc) is 2.41. The van der Waals surface area contributed by atoms with Crippen molar-refractivity contribution in [3.63, 3.8) is 0 Å². The summed E-state index contributed by atoms with van der Waals surface area (Å²) in [5, 5.41) is 8.22. The first-order valence-electron chi connectivity index (χ1n) is 6.09. The number of ether oxygens (including phenoxy) is 2. The van der Waals surface area contributed by atoms with Gasteiger partial charge >= 0.3 is 5.97 Å². The first kappa shape index (κ1) is 16.9. The molecule has 0 saturated carbocycles. The summed E-state index contributed by atoms with van der Waals surface area (Å²) in [7, 11) is 0. The minimum absolute atomic E-state index is 0.213. The molecule has 0 aromatic rings. The fraction of sp³-hybridized carbons (Fsp3) is 0.615. The van der Waals surface area contributed by atoms with Crippen molar-refractivity contribution >= 4 is 12.0 Å².